The second-order valence-corrected chi connectivity index (χ2v) is 7.09. The molecule has 1 fully saturated rings. The van der Waals surface area contributed by atoms with E-state index in [-0.39, 0.29) is 6.03 Å². The lowest BCUT2D eigenvalue weighted by Crippen LogP contribution is -2.36. The lowest BCUT2D eigenvalue weighted by atomic mass is 9.99. The summed E-state index contributed by atoms with van der Waals surface area (Å²) in [5.41, 5.74) is 0.854. The SMILES string of the molecule is CC1CCN(CCCCNC(=O)NCc2cc3ccccc3o2)CC1. The third-order valence-corrected chi connectivity index (χ3v) is 4.96. The molecule has 5 nitrogen and oxygen atoms in total. The summed E-state index contributed by atoms with van der Waals surface area (Å²) in [6.45, 7) is 7.07. The quantitative estimate of drug-likeness (QED) is 0.753. The zero-order chi connectivity index (χ0) is 17.5. The molecule has 1 aliphatic rings. The van der Waals surface area contributed by atoms with Crippen LogP contribution in [0.4, 0.5) is 4.79 Å². The number of benzene rings is 1. The van der Waals surface area contributed by atoms with Gasteiger partial charge in [0.25, 0.3) is 0 Å². The zero-order valence-electron chi connectivity index (χ0n) is 15.1. The van der Waals surface area contributed by atoms with Gasteiger partial charge in [0.1, 0.15) is 11.3 Å². The average molecular weight is 343 g/mol. The van der Waals surface area contributed by atoms with Crippen LogP contribution in [0.15, 0.2) is 34.7 Å². The van der Waals surface area contributed by atoms with Crippen LogP contribution in [-0.2, 0) is 6.54 Å². The Morgan fingerprint density at radius 2 is 2.00 bits per heavy atom. The van der Waals surface area contributed by atoms with E-state index < -0.39 is 0 Å². The highest BCUT2D eigenvalue weighted by Gasteiger charge is 2.14. The number of unbranched alkanes of at least 4 members (excludes halogenated alkanes) is 1. The molecule has 0 radical (unpaired) electrons. The molecular weight excluding hydrogens is 314 g/mol. The average Bonchev–Trinajstić information content (AvgIpc) is 3.04. The summed E-state index contributed by atoms with van der Waals surface area (Å²) < 4.78 is 5.69. The van der Waals surface area contributed by atoms with Crippen molar-refractivity contribution >= 4 is 17.0 Å². The fourth-order valence-electron chi connectivity index (χ4n) is 3.30. The number of furan rings is 1. The predicted octanol–water partition coefficient (Wildman–Crippen LogP) is 3.74. The molecule has 1 aromatic heterocycles. The first-order chi connectivity index (χ1) is 12.2. The summed E-state index contributed by atoms with van der Waals surface area (Å²) in [5, 5.41) is 6.83. The molecule has 25 heavy (non-hydrogen) atoms. The van der Waals surface area contributed by atoms with Gasteiger partial charge in [-0.15, -0.1) is 0 Å². The van der Waals surface area contributed by atoms with Crippen molar-refractivity contribution in [2.24, 2.45) is 5.92 Å². The van der Waals surface area contributed by atoms with Gasteiger partial charge in [-0.2, -0.15) is 0 Å². The molecule has 2 amide bonds. The van der Waals surface area contributed by atoms with E-state index in [1.807, 2.05) is 30.3 Å². The van der Waals surface area contributed by atoms with Gasteiger partial charge in [0.2, 0.25) is 0 Å². The fraction of sp³-hybridized carbons (Fsp3) is 0.550. The minimum atomic E-state index is -0.132. The summed E-state index contributed by atoms with van der Waals surface area (Å²) in [7, 11) is 0. The van der Waals surface area contributed by atoms with Crippen LogP contribution in [0.25, 0.3) is 11.0 Å². The minimum absolute atomic E-state index is 0.132. The highest BCUT2D eigenvalue weighted by Crippen LogP contribution is 2.18. The molecule has 0 spiro atoms. The largest absolute Gasteiger partial charge is 0.459 e. The molecule has 0 bridgehead atoms. The summed E-state index contributed by atoms with van der Waals surface area (Å²) in [5.74, 6) is 1.66. The second kappa shape index (κ2) is 8.90. The second-order valence-electron chi connectivity index (χ2n) is 7.09. The van der Waals surface area contributed by atoms with Crippen LogP contribution in [0, 0.1) is 5.92 Å². The van der Waals surface area contributed by atoms with Crippen molar-refractivity contribution < 1.29 is 9.21 Å². The van der Waals surface area contributed by atoms with Gasteiger partial charge >= 0.3 is 6.03 Å². The third-order valence-electron chi connectivity index (χ3n) is 4.96. The molecule has 0 unspecified atom stereocenters. The van der Waals surface area contributed by atoms with Gasteiger partial charge < -0.3 is 20.0 Å². The molecule has 0 atom stereocenters. The fourth-order valence-corrected chi connectivity index (χ4v) is 3.30. The molecule has 2 heterocycles. The third kappa shape index (κ3) is 5.49. The maximum Gasteiger partial charge on any atom is 0.315 e. The number of hydrogen-bond donors (Lipinski definition) is 2. The normalized spacial score (nSPS) is 16.2. The number of para-hydroxylation sites is 1. The Kier molecular flexibility index (Phi) is 6.34. The molecule has 1 saturated heterocycles. The number of piperidine rings is 1. The lowest BCUT2D eigenvalue weighted by molar-refractivity contribution is 0.189. The van der Waals surface area contributed by atoms with Crippen LogP contribution in [0.2, 0.25) is 0 Å². The number of likely N-dealkylation sites (tertiary alicyclic amines) is 1. The highest BCUT2D eigenvalue weighted by atomic mass is 16.3. The predicted molar refractivity (Wildman–Crippen MR) is 101 cm³/mol. The summed E-state index contributed by atoms with van der Waals surface area (Å²) in [6.07, 6.45) is 4.80. The van der Waals surface area contributed by atoms with E-state index in [4.69, 9.17) is 4.42 Å². The first-order valence-electron chi connectivity index (χ1n) is 9.42. The summed E-state index contributed by atoms with van der Waals surface area (Å²) >= 11 is 0. The number of urea groups is 1. The van der Waals surface area contributed by atoms with Gasteiger partial charge in [-0.05, 0) is 63.4 Å². The van der Waals surface area contributed by atoms with Crippen molar-refractivity contribution in [3.8, 4) is 0 Å². The smallest absolute Gasteiger partial charge is 0.315 e. The van der Waals surface area contributed by atoms with E-state index in [0.717, 1.165) is 48.6 Å². The van der Waals surface area contributed by atoms with E-state index in [0.29, 0.717) is 6.54 Å². The van der Waals surface area contributed by atoms with Gasteiger partial charge in [0.05, 0.1) is 6.54 Å². The van der Waals surface area contributed by atoms with Gasteiger partial charge in [0, 0.05) is 11.9 Å². The number of nitrogens with zero attached hydrogens (tertiary/aromatic N) is 1. The lowest BCUT2D eigenvalue weighted by Gasteiger charge is -2.30. The monoisotopic (exact) mass is 343 g/mol. The number of carbonyl (C=O) groups excluding carboxylic acids is 1. The van der Waals surface area contributed by atoms with Crippen molar-refractivity contribution in [1.29, 1.82) is 0 Å². The number of carbonyl (C=O) groups is 1. The standard InChI is InChI=1S/C20H29N3O2/c1-16-8-12-23(13-9-16)11-5-4-10-21-20(24)22-15-18-14-17-6-2-3-7-19(17)25-18/h2-3,6-7,14,16H,4-5,8-13,15H2,1H3,(H2,21,22,24). The minimum Gasteiger partial charge on any atom is -0.459 e. The first kappa shape index (κ1) is 17.8. The van der Waals surface area contributed by atoms with Crippen LogP contribution in [0.1, 0.15) is 38.4 Å². The molecule has 0 aliphatic carbocycles. The maximum atomic E-state index is 11.9. The Bertz CT molecular complexity index is 641. The topological polar surface area (TPSA) is 57.5 Å². The van der Waals surface area contributed by atoms with Crippen LogP contribution in [0.5, 0.6) is 0 Å². The molecular formula is C20H29N3O2. The maximum absolute atomic E-state index is 11.9. The molecule has 0 saturated carbocycles. The Hall–Kier alpha value is -2.01. The molecule has 136 valence electrons. The number of rotatable bonds is 7. The number of fused-ring (bicyclic) bond motifs is 1. The van der Waals surface area contributed by atoms with Crippen LogP contribution < -0.4 is 10.6 Å². The van der Waals surface area contributed by atoms with Crippen LogP contribution in [-0.4, -0.2) is 37.1 Å². The Labute approximate surface area is 149 Å². The Balaban J connectivity index is 1.27. The van der Waals surface area contributed by atoms with Crippen molar-refractivity contribution in [3.63, 3.8) is 0 Å². The van der Waals surface area contributed by atoms with E-state index in [1.54, 1.807) is 0 Å². The zero-order valence-corrected chi connectivity index (χ0v) is 15.1. The van der Waals surface area contributed by atoms with Crippen LogP contribution >= 0.6 is 0 Å². The Morgan fingerprint density at radius 3 is 2.80 bits per heavy atom. The molecule has 2 aromatic rings. The number of nitrogens with one attached hydrogen (secondary N) is 2. The molecule has 3 rings (SSSR count). The van der Waals surface area contributed by atoms with Crippen molar-refractivity contribution in [3.05, 3.63) is 36.1 Å². The highest BCUT2D eigenvalue weighted by molar-refractivity contribution is 5.78. The van der Waals surface area contributed by atoms with Crippen molar-refractivity contribution in [1.82, 2.24) is 15.5 Å². The molecule has 1 aromatic carbocycles. The van der Waals surface area contributed by atoms with Crippen molar-refractivity contribution in [2.75, 3.05) is 26.2 Å². The van der Waals surface area contributed by atoms with Gasteiger partial charge in [0.15, 0.2) is 0 Å². The van der Waals surface area contributed by atoms with E-state index in [2.05, 4.69) is 22.5 Å². The van der Waals surface area contributed by atoms with Crippen molar-refractivity contribution in [2.45, 2.75) is 39.2 Å². The molecule has 1 aliphatic heterocycles. The van der Waals surface area contributed by atoms with Gasteiger partial charge in [-0.1, -0.05) is 25.1 Å². The van der Waals surface area contributed by atoms with Gasteiger partial charge in [-0.3, -0.25) is 0 Å². The van der Waals surface area contributed by atoms with E-state index >= 15 is 0 Å². The number of amides is 2. The van der Waals surface area contributed by atoms with Gasteiger partial charge in [-0.25, -0.2) is 4.79 Å². The molecule has 2 N–H and O–H groups in total. The summed E-state index contributed by atoms with van der Waals surface area (Å²) in [6, 6.07) is 9.70. The Morgan fingerprint density at radius 1 is 1.20 bits per heavy atom. The van der Waals surface area contributed by atoms with Crippen LogP contribution in [0.3, 0.4) is 0 Å². The number of hydrogen-bond acceptors (Lipinski definition) is 3. The van der Waals surface area contributed by atoms with E-state index in [9.17, 15) is 4.79 Å². The van der Waals surface area contributed by atoms with E-state index in [1.165, 1.54) is 25.9 Å². The molecule has 5 heteroatoms. The first-order valence-corrected chi connectivity index (χ1v) is 9.42. The summed E-state index contributed by atoms with van der Waals surface area (Å²) in [4.78, 5) is 14.4.